The van der Waals surface area contributed by atoms with E-state index < -0.39 is 0 Å². The van der Waals surface area contributed by atoms with Crippen LogP contribution >= 0.6 is 0 Å². The van der Waals surface area contributed by atoms with E-state index in [2.05, 4.69) is 55.5 Å². The molecule has 0 aromatic heterocycles. The van der Waals surface area contributed by atoms with Gasteiger partial charge in [0.05, 0.1) is 5.70 Å². The maximum absolute atomic E-state index is 8.68. The van der Waals surface area contributed by atoms with Crippen molar-refractivity contribution in [3.05, 3.63) is 78.7 Å². The molecule has 0 unspecified atom stereocenters. The van der Waals surface area contributed by atoms with Gasteiger partial charge < -0.3 is 11.7 Å². The average Bonchev–Trinajstić information content (AvgIpc) is 3.02. The Labute approximate surface area is 181 Å². The van der Waals surface area contributed by atoms with Crippen molar-refractivity contribution < 1.29 is 56.2 Å². The van der Waals surface area contributed by atoms with E-state index in [0.29, 0.717) is 0 Å². The van der Waals surface area contributed by atoms with E-state index in [-0.39, 0.29) is 51.4 Å². The minimum atomic E-state index is 0. The fourth-order valence-corrected chi connectivity index (χ4v) is 2.41. The second kappa shape index (κ2) is 10.8. The summed E-state index contributed by atoms with van der Waals surface area (Å²) >= 11 is 0. The topological polar surface area (TPSA) is 29.4 Å². The average molecular weight is 328 g/mol. The second-order valence-corrected chi connectivity index (χ2v) is 4.87. The van der Waals surface area contributed by atoms with E-state index in [9.17, 15) is 0 Å². The van der Waals surface area contributed by atoms with Crippen molar-refractivity contribution in [3.8, 4) is 0 Å². The molecule has 23 heavy (non-hydrogen) atoms. The Hall–Kier alpha value is -0.844. The van der Waals surface area contributed by atoms with Gasteiger partial charge in [0.1, 0.15) is 0 Å². The minimum absolute atomic E-state index is 0. The molecular formula is C20H19KNO-. The normalized spacial score (nSPS) is 12.7. The molecule has 0 fully saturated rings. The van der Waals surface area contributed by atoms with Crippen LogP contribution in [0.3, 0.4) is 0 Å². The van der Waals surface area contributed by atoms with Gasteiger partial charge in [-0.2, -0.15) is 6.92 Å². The van der Waals surface area contributed by atoms with Crippen molar-refractivity contribution in [2.24, 2.45) is 4.99 Å². The maximum Gasteiger partial charge on any atom is 1.00 e. The van der Waals surface area contributed by atoms with Crippen LogP contribution in [-0.4, -0.2) is 12.0 Å². The zero-order chi connectivity index (χ0) is 15.8. The zero-order valence-corrected chi connectivity index (χ0v) is 16.9. The molecule has 112 valence electrons. The van der Waals surface area contributed by atoms with Gasteiger partial charge in [-0.05, 0) is 16.8 Å². The molecule has 0 saturated carbocycles. The van der Waals surface area contributed by atoms with Crippen molar-refractivity contribution in [3.63, 3.8) is 0 Å². The van der Waals surface area contributed by atoms with Gasteiger partial charge in [-0.25, -0.2) is 0 Å². The van der Waals surface area contributed by atoms with Crippen LogP contribution in [0.15, 0.2) is 65.7 Å². The summed E-state index contributed by atoms with van der Waals surface area (Å²) in [6.45, 7) is 5.29. The quantitative estimate of drug-likeness (QED) is 0.623. The predicted octanol–water partition coefficient (Wildman–Crippen LogP) is 1.74. The molecule has 0 spiro atoms. The smallest absolute Gasteiger partial charge is 0.542 e. The van der Waals surface area contributed by atoms with Gasteiger partial charge in [0.2, 0.25) is 0 Å². The van der Waals surface area contributed by atoms with Crippen molar-refractivity contribution >= 4 is 23.3 Å². The fourth-order valence-electron chi connectivity index (χ4n) is 2.41. The summed E-state index contributed by atoms with van der Waals surface area (Å²) in [5.74, 6) is 0. The van der Waals surface area contributed by atoms with Crippen molar-refractivity contribution in [1.82, 2.24) is 0 Å². The first-order valence-corrected chi connectivity index (χ1v) is 7.28. The van der Waals surface area contributed by atoms with E-state index >= 15 is 0 Å². The fraction of sp³-hybridized carbons (Fsp3) is 0.150. The van der Waals surface area contributed by atoms with Crippen LogP contribution in [0.1, 0.15) is 30.9 Å². The molecule has 0 amide bonds. The van der Waals surface area contributed by atoms with Crippen LogP contribution in [0.2, 0.25) is 0 Å². The molecular weight excluding hydrogens is 309 g/mol. The van der Waals surface area contributed by atoms with Gasteiger partial charge in [-0.15, -0.1) is 6.42 Å². The predicted molar refractivity (Wildman–Crippen MR) is 93.1 cm³/mol. The Morgan fingerprint density at radius 1 is 1.00 bits per heavy atom. The summed E-state index contributed by atoms with van der Waals surface area (Å²) in [6.07, 6.45) is 3.18. The van der Waals surface area contributed by atoms with Crippen molar-refractivity contribution in [2.75, 3.05) is 0 Å². The van der Waals surface area contributed by atoms with Crippen molar-refractivity contribution in [2.45, 2.75) is 19.8 Å². The molecule has 0 radical (unpaired) electrons. The second-order valence-electron chi connectivity index (χ2n) is 4.87. The number of rotatable bonds is 3. The molecule has 1 aliphatic rings. The number of hydrogen-bond acceptors (Lipinski definition) is 2. The first kappa shape index (κ1) is 20.2. The van der Waals surface area contributed by atoms with Crippen LogP contribution in [-0.2, 0) is 4.79 Å². The summed E-state index contributed by atoms with van der Waals surface area (Å²) in [4.78, 5) is 13.4. The van der Waals surface area contributed by atoms with E-state index in [0.717, 1.165) is 24.3 Å². The van der Waals surface area contributed by atoms with E-state index in [1.54, 1.807) is 0 Å². The Bertz CT molecular complexity index is 675. The molecule has 3 heteroatoms. The molecule has 3 rings (SSSR count). The van der Waals surface area contributed by atoms with Gasteiger partial charge in [0.15, 0.2) is 0 Å². The van der Waals surface area contributed by atoms with E-state index in [4.69, 9.17) is 9.79 Å². The standard InChI is InChI=1S/C18H16N.C2H3O.K/c1-2-16-13-17(14-9-5-3-6-10-14)18(19-16)15-11-7-4-8-12-15;1-2-3;/h3-12H,1-2,13H2;1H3;/q2*-1;+1. The molecule has 0 N–H and O–H groups in total. The van der Waals surface area contributed by atoms with Crippen LogP contribution < -0.4 is 51.4 Å². The van der Waals surface area contributed by atoms with E-state index in [1.807, 2.05) is 12.1 Å². The van der Waals surface area contributed by atoms with Gasteiger partial charge in [-0.1, -0.05) is 60.7 Å². The third-order valence-corrected chi connectivity index (χ3v) is 3.39. The van der Waals surface area contributed by atoms with Crippen molar-refractivity contribution in [1.29, 1.82) is 0 Å². The minimum Gasteiger partial charge on any atom is -0.542 e. The first-order chi connectivity index (χ1) is 10.8. The molecule has 0 bridgehead atoms. The summed E-state index contributed by atoms with van der Waals surface area (Å²) in [6, 6.07) is 20.9. The largest absolute Gasteiger partial charge is 1.00 e. The number of hydrogen-bond donors (Lipinski definition) is 0. The summed E-state index contributed by atoms with van der Waals surface area (Å²) in [5, 5.41) is 0. The number of benzene rings is 2. The molecule has 2 aromatic carbocycles. The third-order valence-electron chi connectivity index (χ3n) is 3.39. The van der Waals surface area contributed by atoms with Crippen LogP contribution in [0.4, 0.5) is 0 Å². The number of carbonyl (C=O) groups excluding carboxylic acids is 1. The van der Waals surface area contributed by atoms with E-state index in [1.165, 1.54) is 29.9 Å². The number of allylic oxidation sites excluding steroid dienone is 1. The summed E-state index contributed by atoms with van der Waals surface area (Å²) in [7, 11) is 0. The maximum atomic E-state index is 8.68. The van der Waals surface area contributed by atoms with Crippen LogP contribution in [0.25, 0.3) is 11.3 Å². The monoisotopic (exact) mass is 328 g/mol. The van der Waals surface area contributed by atoms with Gasteiger partial charge in [0, 0.05) is 12.0 Å². The first-order valence-electron chi connectivity index (χ1n) is 7.28. The van der Waals surface area contributed by atoms with Gasteiger partial charge in [-0.3, -0.25) is 11.3 Å². The van der Waals surface area contributed by atoms with Crippen LogP contribution in [0.5, 0.6) is 0 Å². The Balaban J connectivity index is 0.000000615. The Morgan fingerprint density at radius 2 is 1.48 bits per heavy atom. The molecule has 0 atom stereocenters. The Kier molecular flexibility index (Phi) is 9.52. The molecule has 2 aromatic rings. The number of nitrogens with zero attached hydrogens (tertiary/aromatic N) is 1. The third kappa shape index (κ3) is 5.62. The van der Waals surface area contributed by atoms with Gasteiger partial charge >= 0.3 is 51.4 Å². The van der Waals surface area contributed by atoms with Gasteiger partial charge in [0.25, 0.3) is 0 Å². The SMILES string of the molecule is C[C-]=O.[CH2-]CC1=NC(c2ccccc2)=C(c2ccccc2)C1.[K+]. The number of aliphatic imine (C=N–C) groups is 1. The molecule has 1 heterocycles. The molecule has 2 nitrogen and oxygen atoms in total. The molecule has 1 aliphatic heterocycles. The summed E-state index contributed by atoms with van der Waals surface area (Å²) in [5.41, 5.74) is 6.02. The summed E-state index contributed by atoms with van der Waals surface area (Å²) < 4.78 is 0. The Morgan fingerprint density at radius 3 is 1.96 bits per heavy atom. The van der Waals surface area contributed by atoms with Crippen LogP contribution in [0, 0.1) is 6.92 Å². The zero-order valence-electron chi connectivity index (χ0n) is 13.8. The molecule has 0 saturated heterocycles. The molecule has 0 aliphatic carbocycles.